The van der Waals surface area contributed by atoms with E-state index in [0.717, 1.165) is 27.9 Å². The first-order chi connectivity index (χ1) is 12.9. The van der Waals surface area contributed by atoms with E-state index >= 15 is 0 Å². The van der Waals surface area contributed by atoms with E-state index in [4.69, 9.17) is 0 Å². The van der Waals surface area contributed by atoms with E-state index < -0.39 is 0 Å². The fourth-order valence-corrected chi connectivity index (χ4v) is 3.71. The summed E-state index contributed by atoms with van der Waals surface area (Å²) in [6.07, 6.45) is 0. The molecule has 0 atom stereocenters. The minimum Gasteiger partial charge on any atom is -0.315 e. The maximum Gasteiger partial charge on any atom is 0.237 e. The van der Waals surface area contributed by atoms with Crippen molar-refractivity contribution >= 4 is 23.4 Å². The van der Waals surface area contributed by atoms with Crippen LogP contribution in [0.5, 0.6) is 0 Å². The number of hydrogen-bond donors (Lipinski definition) is 0. The van der Waals surface area contributed by atoms with Gasteiger partial charge in [-0.15, -0.1) is 10.2 Å². The minimum absolute atomic E-state index is 0.0250. The molecule has 0 radical (unpaired) electrons. The van der Waals surface area contributed by atoms with Gasteiger partial charge < -0.3 is 4.90 Å². The fraction of sp³-hybridized carbons (Fsp3) is 0.286. The van der Waals surface area contributed by atoms with Gasteiger partial charge in [-0.3, -0.25) is 9.36 Å². The molecular weight excluding hydrogens is 356 g/mol. The van der Waals surface area contributed by atoms with Crippen LogP contribution >= 0.6 is 11.8 Å². The van der Waals surface area contributed by atoms with Crippen molar-refractivity contribution in [2.75, 3.05) is 17.7 Å². The molecule has 0 aliphatic heterocycles. The largest absolute Gasteiger partial charge is 0.315 e. The highest BCUT2D eigenvalue weighted by Crippen LogP contribution is 2.25. The number of amides is 1. The van der Waals surface area contributed by atoms with Gasteiger partial charge in [-0.2, -0.15) is 0 Å². The van der Waals surface area contributed by atoms with Gasteiger partial charge in [-0.25, -0.2) is 0 Å². The lowest BCUT2D eigenvalue weighted by Gasteiger charge is -2.17. The average molecular weight is 381 g/mol. The molecule has 0 N–H and O–H groups in total. The molecular formula is C21H24N4OS. The van der Waals surface area contributed by atoms with E-state index in [1.54, 1.807) is 11.9 Å². The lowest BCUT2D eigenvalue weighted by Crippen LogP contribution is -2.28. The van der Waals surface area contributed by atoms with Crippen LogP contribution in [0.15, 0.2) is 47.6 Å². The summed E-state index contributed by atoms with van der Waals surface area (Å²) in [5, 5.41) is 9.23. The summed E-state index contributed by atoms with van der Waals surface area (Å²) in [5.74, 6) is 1.13. The number of thioether (sulfide) groups is 1. The smallest absolute Gasteiger partial charge is 0.237 e. The molecule has 3 rings (SSSR count). The van der Waals surface area contributed by atoms with Gasteiger partial charge in [0.05, 0.1) is 11.4 Å². The van der Waals surface area contributed by atoms with Gasteiger partial charge in [0.2, 0.25) is 5.91 Å². The molecule has 0 saturated carbocycles. The molecule has 1 amide bonds. The molecule has 0 spiro atoms. The Balaban J connectivity index is 1.78. The first-order valence-corrected chi connectivity index (χ1v) is 9.81. The summed E-state index contributed by atoms with van der Waals surface area (Å²) in [7, 11) is 1.80. The molecule has 5 nitrogen and oxygen atoms in total. The van der Waals surface area contributed by atoms with Gasteiger partial charge in [0.25, 0.3) is 0 Å². The number of nitrogens with zero attached hydrogens (tertiary/aromatic N) is 4. The molecule has 0 bridgehead atoms. The molecule has 6 heteroatoms. The van der Waals surface area contributed by atoms with E-state index in [1.165, 1.54) is 22.9 Å². The molecule has 27 heavy (non-hydrogen) atoms. The molecule has 0 fully saturated rings. The van der Waals surface area contributed by atoms with Crippen LogP contribution in [0, 0.1) is 27.7 Å². The van der Waals surface area contributed by atoms with Gasteiger partial charge in [0.15, 0.2) is 5.16 Å². The zero-order valence-electron chi connectivity index (χ0n) is 16.4. The number of carbonyl (C=O) groups is 1. The Morgan fingerprint density at radius 3 is 2.37 bits per heavy atom. The molecule has 2 aromatic carbocycles. The van der Waals surface area contributed by atoms with Crippen LogP contribution in [0.25, 0.3) is 5.69 Å². The third-order valence-corrected chi connectivity index (χ3v) is 5.43. The van der Waals surface area contributed by atoms with Crippen molar-refractivity contribution in [2.24, 2.45) is 0 Å². The van der Waals surface area contributed by atoms with E-state index in [0.29, 0.717) is 5.75 Å². The van der Waals surface area contributed by atoms with Crippen LogP contribution in [0.4, 0.5) is 5.69 Å². The molecule has 1 heterocycles. The molecule has 0 saturated heterocycles. The summed E-state index contributed by atoms with van der Waals surface area (Å²) in [5.41, 5.74) is 5.44. The molecule has 3 aromatic rings. The van der Waals surface area contributed by atoms with Crippen molar-refractivity contribution in [3.05, 3.63) is 65.0 Å². The monoisotopic (exact) mass is 380 g/mol. The number of hydrogen-bond acceptors (Lipinski definition) is 4. The fourth-order valence-electron chi connectivity index (χ4n) is 2.81. The molecule has 0 aliphatic carbocycles. The van der Waals surface area contributed by atoms with Gasteiger partial charge in [0, 0.05) is 12.7 Å². The highest BCUT2D eigenvalue weighted by molar-refractivity contribution is 7.99. The summed E-state index contributed by atoms with van der Waals surface area (Å²) in [6, 6.07) is 14.2. The van der Waals surface area contributed by atoms with Crippen LogP contribution in [-0.4, -0.2) is 33.5 Å². The summed E-state index contributed by atoms with van der Waals surface area (Å²) in [4.78, 5) is 14.3. The Hall–Kier alpha value is -2.60. The van der Waals surface area contributed by atoms with Crippen molar-refractivity contribution < 1.29 is 4.79 Å². The van der Waals surface area contributed by atoms with Crippen molar-refractivity contribution in [1.29, 1.82) is 0 Å². The highest BCUT2D eigenvalue weighted by Gasteiger charge is 2.17. The number of benzene rings is 2. The van der Waals surface area contributed by atoms with Gasteiger partial charge in [0.1, 0.15) is 5.82 Å². The molecule has 1 aromatic heterocycles. The zero-order chi connectivity index (χ0) is 19.6. The second kappa shape index (κ2) is 7.96. The standard InChI is InChI=1S/C21H24N4OS/c1-14-7-10-18(11-8-14)24(5)20(26)13-27-21-23-22-17(4)25(21)19-12-15(2)6-9-16(19)3/h6-12H,13H2,1-5H3. The van der Waals surface area contributed by atoms with E-state index in [1.807, 2.05) is 42.7 Å². The average Bonchev–Trinajstić information content (AvgIpc) is 3.02. The first kappa shape index (κ1) is 19.2. The zero-order valence-corrected chi connectivity index (χ0v) is 17.2. The lowest BCUT2D eigenvalue weighted by atomic mass is 10.1. The van der Waals surface area contributed by atoms with Gasteiger partial charge in [-0.1, -0.05) is 41.6 Å². The number of aromatic nitrogens is 3. The van der Waals surface area contributed by atoms with Crippen molar-refractivity contribution in [3.63, 3.8) is 0 Å². The van der Waals surface area contributed by atoms with Crippen molar-refractivity contribution in [1.82, 2.24) is 14.8 Å². The Morgan fingerprint density at radius 2 is 1.67 bits per heavy atom. The molecule has 140 valence electrons. The predicted molar refractivity (Wildman–Crippen MR) is 111 cm³/mol. The van der Waals surface area contributed by atoms with E-state index in [9.17, 15) is 4.79 Å². The summed E-state index contributed by atoms with van der Waals surface area (Å²) < 4.78 is 2.02. The Kier molecular flexibility index (Phi) is 5.65. The Morgan fingerprint density at radius 1 is 1.00 bits per heavy atom. The van der Waals surface area contributed by atoms with Gasteiger partial charge >= 0.3 is 0 Å². The normalized spacial score (nSPS) is 10.9. The quantitative estimate of drug-likeness (QED) is 0.621. The van der Waals surface area contributed by atoms with Crippen molar-refractivity contribution in [3.8, 4) is 5.69 Å². The molecule has 0 unspecified atom stereocenters. The Bertz CT molecular complexity index is 963. The second-order valence-electron chi connectivity index (χ2n) is 6.73. The first-order valence-electron chi connectivity index (χ1n) is 8.82. The maximum atomic E-state index is 12.6. The van der Waals surface area contributed by atoms with Gasteiger partial charge in [-0.05, 0) is 57.0 Å². The van der Waals surface area contributed by atoms with Crippen molar-refractivity contribution in [2.45, 2.75) is 32.9 Å². The Labute approximate surface area is 164 Å². The van der Waals surface area contributed by atoms with E-state index in [-0.39, 0.29) is 5.91 Å². The van der Waals surface area contributed by atoms with Crippen LogP contribution < -0.4 is 4.90 Å². The molecule has 0 aliphatic rings. The number of rotatable bonds is 5. The second-order valence-corrected chi connectivity index (χ2v) is 7.67. The highest BCUT2D eigenvalue weighted by atomic mass is 32.2. The minimum atomic E-state index is 0.0250. The van der Waals surface area contributed by atoms with Crippen LogP contribution in [0.2, 0.25) is 0 Å². The van der Waals surface area contributed by atoms with E-state index in [2.05, 4.69) is 42.2 Å². The SMILES string of the molecule is Cc1ccc(N(C)C(=O)CSc2nnc(C)n2-c2cc(C)ccc2C)cc1. The number of aryl methyl sites for hydroxylation is 4. The topological polar surface area (TPSA) is 51.0 Å². The maximum absolute atomic E-state index is 12.6. The summed E-state index contributed by atoms with van der Waals surface area (Å²) >= 11 is 1.41. The number of carbonyl (C=O) groups excluding carboxylic acids is 1. The summed E-state index contributed by atoms with van der Waals surface area (Å²) in [6.45, 7) is 8.09. The lowest BCUT2D eigenvalue weighted by molar-refractivity contribution is -0.115. The van der Waals surface area contributed by atoms with Crippen LogP contribution in [0.1, 0.15) is 22.5 Å². The van der Waals surface area contributed by atoms with Crippen LogP contribution in [-0.2, 0) is 4.79 Å². The third kappa shape index (κ3) is 4.22. The van der Waals surface area contributed by atoms with Crippen LogP contribution in [0.3, 0.4) is 0 Å². The number of anilines is 1. The third-order valence-electron chi connectivity index (χ3n) is 4.52. The predicted octanol–water partition coefficient (Wildman–Crippen LogP) is 4.26.